The summed E-state index contributed by atoms with van der Waals surface area (Å²) in [5.74, 6) is -0.325. The molecule has 2 amide bonds. The summed E-state index contributed by atoms with van der Waals surface area (Å²) in [5, 5.41) is 0. The van der Waals surface area contributed by atoms with E-state index in [1.165, 1.54) is 11.1 Å². The molecule has 4 heteroatoms. The van der Waals surface area contributed by atoms with E-state index in [4.69, 9.17) is 4.74 Å². The molecule has 4 nitrogen and oxygen atoms in total. The van der Waals surface area contributed by atoms with Gasteiger partial charge in [-0.3, -0.25) is 4.79 Å². The number of ether oxygens (including phenoxy) is 1. The van der Waals surface area contributed by atoms with Gasteiger partial charge in [0.1, 0.15) is 6.61 Å². The highest BCUT2D eigenvalue weighted by atomic mass is 16.6. The Morgan fingerprint density at radius 3 is 1.93 bits per heavy atom. The minimum absolute atomic E-state index is 0.0364. The van der Waals surface area contributed by atoms with Gasteiger partial charge in [0, 0.05) is 12.3 Å². The Morgan fingerprint density at radius 2 is 1.36 bits per heavy atom. The van der Waals surface area contributed by atoms with Gasteiger partial charge < -0.3 is 4.74 Å². The van der Waals surface area contributed by atoms with Crippen LogP contribution in [0.2, 0.25) is 0 Å². The lowest BCUT2D eigenvalue weighted by atomic mass is 9.98. The molecule has 0 saturated heterocycles. The van der Waals surface area contributed by atoms with Crippen LogP contribution in [0.3, 0.4) is 0 Å². The molecule has 0 heterocycles. The maximum absolute atomic E-state index is 12.8. The first-order valence-electron chi connectivity index (χ1n) is 9.43. The first-order chi connectivity index (χ1) is 13.7. The molecule has 3 aromatic rings. The first kappa shape index (κ1) is 18.0. The molecule has 3 aromatic carbocycles. The van der Waals surface area contributed by atoms with Crippen molar-refractivity contribution in [2.75, 3.05) is 11.5 Å². The summed E-state index contributed by atoms with van der Waals surface area (Å²) >= 11 is 0. The molecule has 0 fully saturated rings. The van der Waals surface area contributed by atoms with Crippen LogP contribution in [0.4, 0.5) is 10.5 Å². The van der Waals surface area contributed by atoms with Gasteiger partial charge in [-0.25, -0.2) is 9.69 Å². The number of para-hydroxylation sites is 1. The number of imide groups is 1. The van der Waals surface area contributed by atoms with Gasteiger partial charge in [-0.1, -0.05) is 73.7 Å². The molecule has 140 valence electrons. The molecular formula is C24H21NO3. The number of hydrogen-bond acceptors (Lipinski definition) is 3. The molecule has 4 rings (SSSR count). The van der Waals surface area contributed by atoms with Gasteiger partial charge in [-0.15, -0.1) is 0 Å². The monoisotopic (exact) mass is 371 g/mol. The number of fused-ring (bicyclic) bond motifs is 3. The smallest absolute Gasteiger partial charge is 0.421 e. The van der Waals surface area contributed by atoms with Crippen LogP contribution >= 0.6 is 0 Å². The van der Waals surface area contributed by atoms with Crippen LogP contribution < -0.4 is 4.90 Å². The SMILES string of the molecule is CCC(=O)N(C(=O)OCC1c2ccccc2-c2ccccc21)c1ccccc1. The molecule has 0 bridgehead atoms. The highest BCUT2D eigenvalue weighted by Gasteiger charge is 2.31. The Balaban J connectivity index is 1.58. The van der Waals surface area contributed by atoms with Crippen LogP contribution in [-0.4, -0.2) is 18.6 Å². The summed E-state index contributed by atoms with van der Waals surface area (Å²) in [4.78, 5) is 26.3. The number of carbonyl (C=O) groups is 2. The van der Waals surface area contributed by atoms with Gasteiger partial charge in [0.25, 0.3) is 0 Å². The van der Waals surface area contributed by atoms with Gasteiger partial charge in [0.15, 0.2) is 0 Å². The average Bonchev–Trinajstić information content (AvgIpc) is 3.07. The van der Waals surface area contributed by atoms with Crippen LogP contribution in [0.15, 0.2) is 78.9 Å². The number of nitrogens with zero attached hydrogens (tertiary/aromatic N) is 1. The lowest BCUT2D eigenvalue weighted by Crippen LogP contribution is -2.37. The minimum Gasteiger partial charge on any atom is -0.448 e. The number of hydrogen-bond donors (Lipinski definition) is 0. The third kappa shape index (κ3) is 3.18. The van der Waals surface area contributed by atoms with E-state index >= 15 is 0 Å². The largest absolute Gasteiger partial charge is 0.448 e. The number of carbonyl (C=O) groups excluding carboxylic acids is 2. The van der Waals surface area contributed by atoms with Gasteiger partial charge in [-0.05, 0) is 34.4 Å². The predicted octanol–water partition coefficient (Wildman–Crippen LogP) is 5.38. The summed E-state index contributed by atoms with van der Waals surface area (Å²) in [5.41, 5.74) is 5.15. The fourth-order valence-corrected chi connectivity index (χ4v) is 3.74. The minimum atomic E-state index is -0.639. The van der Waals surface area contributed by atoms with Crippen molar-refractivity contribution in [3.63, 3.8) is 0 Å². The van der Waals surface area contributed by atoms with E-state index in [9.17, 15) is 9.59 Å². The zero-order chi connectivity index (χ0) is 19.5. The van der Waals surface area contributed by atoms with Gasteiger partial charge in [0.2, 0.25) is 5.91 Å². The molecule has 0 atom stereocenters. The van der Waals surface area contributed by atoms with Crippen LogP contribution in [0, 0.1) is 0 Å². The lowest BCUT2D eigenvalue weighted by Gasteiger charge is -2.21. The zero-order valence-corrected chi connectivity index (χ0v) is 15.7. The van der Waals surface area contributed by atoms with E-state index < -0.39 is 6.09 Å². The summed E-state index contributed by atoms with van der Waals surface area (Å²) in [6.45, 7) is 1.92. The maximum atomic E-state index is 12.8. The highest BCUT2D eigenvalue weighted by Crippen LogP contribution is 2.44. The summed E-state index contributed by atoms with van der Waals surface area (Å²) in [6, 6.07) is 25.2. The number of rotatable bonds is 4. The molecule has 0 unspecified atom stereocenters. The molecule has 0 radical (unpaired) electrons. The molecule has 0 N–H and O–H groups in total. The molecular weight excluding hydrogens is 350 g/mol. The standard InChI is InChI=1S/C24H21NO3/c1-2-23(26)25(17-10-4-3-5-11-17)24(27)28-16-22-20-14-8-6-12-18(20)19-13-7-9-15-21(19)22/h3-15,22H,2,16H2,1H3. The summed E-state index contributed by atoms with van der Waals surface area (Å²) in [6.07, 6.45) is -0.418. The topological polar surface area (TPSA) is 46.6 Å². The van der Waals surface area contributed by atoms with E-state index in [-0.39, 0.29) is 24.9 Å². The van der Waals surface area contributed by atoms with E-state index in [0.29, 0.717) is 5.69 Å². The predicted molar refractivity (Wildman–Crippen MR) is 109 cm³/mol. The van der Waals surface area contributed by atoms with Crippen LogP contribution in [0.1, 0.15) is 30.4 Å². The van der Waals surface area contributed by atoms with Crippen LogP contribution in [-0.2, 0) is 9.53 Å². The van der Waals surface area contributed by atoms with Crippen LogP contribution in [0.25, 0.3) is 11.1 Å². The van der Waals surface area contributed by atoms with Crippen LogP contribution in [0.5, 0.6) is 0 Å². The van der Waals surface area contributed by atoms with E-state index in [0.717, 1.165) is 16.0 Å². The van der Waals surface area contributed by atoms with E-state index in [1.807, 2.05) is 30.3 Å². The van der Waals surface area contributed by atoms with Gasteiger partial charge in [0.05, 0.1) is 5.69 Å². The molecule has 0 aromatic heterocycles. The second-order valence-electron chi connectivity index (χ2n) is 6.72. The molecule has 1 aliphatic rings. The van der Waals surface area contributed by atoms with Crippen molar-refractivity contribution in [1.82, 2.24) is 0 Å². The Morgan fingerprint density at radius 1 is 0.821 bits per heavy atom. The Hall–Kier alpha value is -3.40. The Kier molecular flexibility index (Phi) is 4.94. The normalized spacial score (nSPS) is 12.2. The maximum Gasteiger partial charge on any atom is 0.421 e. The average molecular weight is 371 g/mol. The second kappa shape index (κ2) is 7.69. The van der Waals surface area contributed by atoms with Crippen molar-refractivity contribution in [3.8, 4) is 11.1 Å². The third-order valence-electron chi connectivity index (χ3n) is 5.08. The highest BCUT2D eigenvalue weighted by molar-refractivity contribution is 6.12. The molecule has 0 saturated carbocycles. The summed E-state index contributed by atoms with van der Waals surface area (Å²) in [7, 11) is 0. The molecule has 0 spiro atoms. The fraction of sp³-hybridized carbons (Fsp3) is 0.167. The Bertz CT molecular complexity index is 968. The van der Waals surface area contributed by atoms with Gasteiger partial charge in [-0.2, -0.15) is 0 Å². The molecule has 28 heavy (non-hydrogen) atoms. The fourth-order valence-electron chi connectivity index (χ4n) is 3.74. The third-order valence-corrected chi connectivity index (χ3v) is 5.08. The van der Waals surface area contributed by atoms with E-state index in [1.54, 1.807) is 31.2 Å². The first-order valence-corrected chi connectivity index (χ1v) is 9.43. The Labute approximate surface area is 164 Å². The van der Waals surface area contributed by atoms with Crippen molar-refractivity contribution in [2.24, 2.45) is 0 Å². The number of anilines is 1. The second-order valence-corrected chi connectivity index (χ2v) is 6.72. The number of amides is 2. The van der Waals surface area contributed by atoms with Crippen molar-refractivity contribution in [3.05, 3.63) is 90.0 Å². The van der Waals surface area contributed by atoms with Crippen molar-refractivity contribution >= 4 is 17.7 Å². The molecule has 1 aliphatic carbocycles. The lowest BCUT2D eigenvalue weighted by molar-refractivity contribution is -0.117. The molecule has 0 aliphatic heterocycles. The van der Waals surface area contributed by atoms with Gasteiger partial charge >= 0.3 is 6.09 Å². The van der Waals surface area contributed by atoms with Crippen molar-refractivity contribution in [1.29, 1.82) is 0 Å². The van der Waals surface area contributed by atoms with Crippen molar-refractivity contribution < 1.29 is 14.3 Å². The zero-order valence-electron chi connectivity index (χ0n) is 15.7. The summed E-state index contributed by atoms with van der Waals surface area (Å²) < 4.78 is 5.65. The quantitative estimate of drug-likeness (QED) is 0.619. The van der Waals surface area contributed by atoms with Crippen molar-refractivity contribution in [2.45, 2.75) is 19.3 Å². The van der Waals surface area contributed by atoms with E-state index in [2.05, 4.69) is 24.3 Å². The number of benzene rings is 3.